The molecule has 1 rings (SSSR count). The molecule has 0 unspecified atom stereocenters. The van der Waals surface area contributed by atoms with Crippen LogP contribution in [-0.2, 0) is 6.42 Å². The van der Waals surface area contributed by atoms with E-state index in [0.29, 0.717) is 5.41 Å². The highest BCUT2D eigenvalue weighted by atomic mass is 14.7. The van der Waals surface area contributed by atoms with E-state index in [1.165, 1.54) is 0 Å². The van der Waals surface area contributed by atoms with E-state index in [4.69, 9.17) is 7.85 Å². The third-order valence-electron chi connectivity index (χ3n) is 1.56. The summed E-state index contributed by atoms with van der Waals surface area (Å²) in [6.45, 7) is 6.60. The van der Waals surface area contributed by atoms with Gasteiger partial charge in [0.2, 0.25) is 0 Å². The SMILES string of the molecule is [B]c1ccc(CC(C)(C)C)nc1. The Bertz CT molecular complexity index is 246. The maximum atomic E-state index is 5.53. The minimum Gasteiger partial charge on any atom is -0.262 e. The van der Waals surface area contributed by atoms with Crippen LogP contribution >= 0.6 is 0 Å². The Hall–Kier alpha value is -0.785. The van der Waals surface area contributed by atoms with Crippen LogP contribution in [0.3, 0.4) is 0 Å². The molecule has 0 bridgehead atoms. The molecule has 0 saturated heterocycles. The highest BCUT2D eigenvalue weighted by Gasteiger charge is 2.11. The van der Waals surface area contributed by atoms with E-state index in [-0.39, 0.29) is 0 Å². The topological polar surface area (TPSA) is 12.9 Å². The molecule has 0 aromatic carbocycles. The highest BCUT2D eigenvalue weighted by Crippen LogP contribution is 2.18. The van der Waals surface area contributed by atoms with Gasteiger partial charge in [-0.3, -0.25) is 4.98 Å². The summed E-state index contributed by atoms with van der Waals surface area (Å²) in [4.78, 5) is 4.24. The van der Waals surface area contributed by atoms with Crippen molar-refractivity contribution in [3.8, 4) is 0 Å². The molecular formula is C10H14BN. The van der Waals surface area contributed by atoms with Gasteiger partial charge in [0, 0.05) is 11.9 Å². The molecule has 1 aromatic heterocycles. The molecule has 0 fully saturated rings. The number of hydrogen-bond donors (Lipinski definition) is 0. The Morgan fingerprint density at radius 2 is 2.00 bits per heavy atom. The first-order valence-electron chi connectivity index (χ1n) is 4.18. The van der Waals surface area contributed by atoms with Crippen LogP contribution in [0.4, 0.5) is 0 Å². The first kappa shape index (κ1) is 9.30. The van der Waals surface area contributed by atoms with Crippen LogP contribution in [0, 0.1) is 5.41 Å². The number of rotatable bonds is 1. The van der Waals surface area contributed by atoms with Gasteiger partial charge in [0.05, 0.1) is 0 Å². The minimum absolute atomic E-state index is 0.295. The first-order valence-corrected chi connectivity index (χ1v) is 4.18. The van der Waals surface area contributed by atoms with Gasteiger partial charge in [-0.1, -0.05) is 32.3 Å². The molecule has 1 aromatic rings. The summed E-state index contributed by atoms with van der Waals surface area (Å²) in [7, 11) is 5.53. The molecule has 0 saturated carbocycles. The third kappa shape index (κ3) is 3.08. The Balaban J connectivity index is 2.71. The molecule has 0 atom stereocenters. The maximum absolute atomic E-state index is 5.53. The molecule has 2 radical (unpaired) electrons. The van der Waals surface area contributed by atoms with Gasteiger partial charge in [0.15, 0.2) is 0 Å². The van der Waals surface area contributed by atoms with Crippen molar-refractivity contribution in [2.45, 2.75) is 27.2 Å². The molecule has 0 aliphatic carbocycles. The molecule has 12 heavy (non-hydrogen) atoms. The summed E-state index contributed by atoms with van der Waals surface area (Å²) in [6.07, 6.45) is 2.70. The fourth-order valence-electron chi connectivity index (χ4n) is 1.08. The van der Waals surface area contributed by atoms with Crippen LogP contribution in [-0.4, -0.2) is 12.8 Å². The average molecular weight is 159 g/mol. The summed E-state index contributed by atoms with van der Waals surface area (Å²) >= 11 is 0. The number of hydrogen-bond acceptors (Lipinski definition) is 1. The highest BCUT2D eigenvalue weighted by molar-refractivity contribution is 6.31. The van der Waals surface area contributed by atoms with Gasteiger partial charge in [-0.2, -0.15) is 0 Å². The molecule has 62 valence electrons. The molecule has 0 amide bonds. The van der Waals surface area contributed by atoms with E-state index in [1.807, 2.05) is 12.1 Å². The second kappa shape index (κ2) is 3.30. The van der Waals surface area contributed by atoms with Crippen LogP contribution in [0.2, 0.25) is 0 Å². The van der Waals surface area contributed by atoms with E-state index in [0.717, 1.165) is 17.6 Å². The van der Waals surface area contributed by atoms with Gasteiger partial charge >= 0.3 is 0 Å². The van der Waals surface area contributed by atoms with Gasteiger partial charge in [-0.25, -0.2) is 0 Å². The lowest BCUT2D eigenvalue weighted by molar-refractivity contribution is 0.406. The lowest BCUT2D eigenvalue weighted by Crippen LogP contribution is -2.12. The number of pyridine rings is 1. The third-order valence-corrected chi connectivity index (χ3v) is 1.56. The monoisotopic (exact) mass is 159 g/mol. The van der Waals surface area contributed by atoms with E-state index < -0.39 is 0 Å². The van der Waals surface area contributed by atoms with E-state index >= 15 is 0 Å². The molecule has 1 heterocycles. The normalized spacial score (nSPS) is 11.6. The second-order valence-electron chi connectivity index (χ2n) is 4.32. The van der Waals surface area contributed by atoms with Crippen molar-refractivity contribution in [1.82, 2.24) is 4.98 Å². The van der Waals surface area contributed by atoms with Gasteiger partial charge in [-0.05, 0) is 17.9 Å². The van der Waals surface area contributed by atoms with E-state index in [2.05, 4.69) is 25.8 Å². The van der Waals surface area contributed by atoms with Crippen molar-refractivity contribution >= 4 is 13.3 Å². The Morgan fingerprint density at radius 1 is 1.33 bits per heavy atom. The zero-order valence-corrected chi connectivity index (χ0v) is 7.96. The Labute approximate surface area is 75.6 Å². The van der Waals surface area contributed by atoms with Gasteiger partial charge in [0.1, 0.15) is 7.85 Å². The molecule has 1 nitrogen and oxygen atoms in total. The summed E-state index contributed by atoms with van der Waals surface area (Å²) < 4.78 is 0. The van der Waals surface area contributed by atoms with Crippen molar-refractivity contribution in [1.29, 1.82) is 0 Å². The van der Waals surface area contributed by atoms with Crippen LogP contribution < -0.4 is 5.46 Å². The van der Waals surface area contributed by atoms with Gasteiger partial charge < -0.3 is 0 Å². The summed E-state index contributed by atoms with van der Waals surface area (Å²) in [6, 6.07) is 3.88. The molecule has 0 N–H and O–H groups in total. The lowest BCUT2D eigenvalue weighted by atomic mass is 9.89. The predicted octanol–water partition coefficient (Wildman–Crippen LogP) is 1.46. The zero-order chi connectivity index (χ0) is 9.19. The fraction of sp³-hybridized carbons (Fsp3) is 0.500. The molecular weight excluding hydrogens is 145 g/mol. The standard InChI is InChI=1S/C10H14BN/c1-10(2,3)6-9-5-4-8(11)7-12-9/h4-5,7H,6H2,1-3H3. The van der Waals surface area contributed by atoms with E-state index in [1.54, 1.807) is 6.20 Å². The smallest absolute Gasteiger partial charge is 0.115 e. The summed E-state index contributed by atoms with van der Waals surface area (Å²) in [5.41, 5.74) is 2.13. The van der Waals surface area contributed by atoms with Crippen molar-refractivity contribution in [3.05, 3.63) is 24.0 Å². The summed E-state index contributed by atoms with van der Waals surface area (Å²) in [5, 5.41) is 0. The van der Waals surface area contributed by atoms with Crippen LogP contribution in [0.15, 0.2) is 18.3 Å². The van der Waals surface area contributed by atoms with Crippen molar-refractivity contribution in [2.75, 3.05) is 0 Å². The van der Waals surface area contributed by atoms with Crippen molar-refractivity contribution in [3.63, 3.8) is 0 Å². The molecule has 2 heteroatoms. The lowest BCUT2D eigenvalue weighted by Gasteiger charge is -2.17. The van der Waals surface area contributed by atoms with Gasteiger partial charge in [0.25, 0.3) is 0 Å². The Morgan fingerprint density at radius 3 is 2.42 bits per heavy atom. The largest absolute Gasteiger partial charge is 0.262 e. The molecule has 0 spiro atoms. The van der Waals surface area contributed by atoms with E-state index in [9.17, 15) is 0 Å². The average Bonchev–Trinajstić information content (AvgIpc) is 1.91. The summed E-state index contributed by atoms with van der Waals surface area (Å²) in [5.74, 6) is 0. The molecule has 0 aliphatic heterocycles. The first-order chi connectivity index (χ1) is 5.47. The number of aromatic nitrogens is 1. The fourth-order valence-corrected chi connectivity index (χ4v) is 1.08. The van der Waals surface area contributed by atoms with Crippen molar-refractivity contribution < 1.29 is 0 Å². The zero-order valence-electron chi connectivity index (χ0n) is 7.96. The Kier molecular flexibility index (Phi) is 2.56. The molecule has 0 aliphatic rings. The predicted molar refractivity (Wildman–Crippen MR) is 52.8 cm³/mol. The quantitative estimate of drug-likeness (QED) is 0.565. The maximum Gasteiger partial charge on any atom is 0.115 e. The minimum atomic E-state index is 0.295. The van der Waals surface area contributed by atoms with Crippen molar-refractivity contribution in [2.24, 2.45) is 5.41 Å². The van der Waals surface area contributed by atoms with Gasteiger partial charge in [-0.15, -0.1) is 0 Å². The van der Waals surface area contributed by atoms with Crippen LogP contribution in [0.5, 0.6) is 0 Å². The van der Waals surface area contributed by atoms with Crippen LogP contribution in [0.1, 0.15) is 26.5 Å². The van der Waals surface area contributed by atoms with Crippen LogP contribution in [0.25, 0.3) is 0 Å². The number of nitrogens with zero attached hydrogens (tertiary/aromatic N) is 1. The second-order valence-corrected chi connectivity index (χ2v) is 4.32.